The molecule has 0 aromatic heterocycles. The van der Waals surface area contributed by atoms with Crippen molar-refractivity contribution in [3.8, 4) is 0 Å². The molecule has 110 valence electrons. The Morgan fingerprint density at radius 3 is 2.25 bits per heavy atom. The van der Waals surface area contributed by atoms with Crippen molar-refractivity contribution in [2.45, 2.75) is 24.4 Å². The highest BCUT2D eigenvalue weighted by Crippen LogP contribution is 2.10. The van der Waals surface area contributed by atoms with E-state index in [1.165, 1.54) is 12.1 Å². The zero-order valence-electron chi connectivity index (χ0n) is 10.5. The molecule has 4 N–H and O–H groups in total. The van der Waals surface area contributed by atoms with E-state index in [1.807, 2.05) is 0 Å². The number of ether oxygens (including phenoxy) is 1. The fourth-order valence-corrected chi connectivity index (χ4v) is 1.47. The van der Waals surface area contributed by atoms with E-state index in [0.29, 0.717) is 0 Å². The lowest BCUT2D eigenvalue weighted by Gasteiger charge is -2.25. The molecule has 7 heteroatoms. The molecule has 4 atom stereocenters. The number of aldehydes is 1. The van der Waals surface area contributed by atoms with E-state index in [-0.39, 0.29) is 11.8 Å². The maximum absolute atomic E-state index is 11.7. The number of carbonyl (C=O) groups excluding carboxylic acids is 2. The number of rotatable bonds is 7. The first-order chi connectivity index (χ1) is 9.51. The quantitative estimate of drug-likeness (QED) is 0.354. The summed E-state index contributed by atoms with van der Waals surface area (Å²) in [6.07, 6.45) is -6.83. The first kappa shape index (κ1) is 16.3. The van der Waals surface area contributed by atoms with Gasteiger partial charge in [-0.05, 0) is 12.1 Å². The third-order valence-corrected chi connectivity index (χ3v) is 2.65. The van der Waals surface area contributed by atoms with Crippen LogP contribution in [0.4, 0.5) is 0 Å². The van der Waals surface area contributed by atoms with E-state index < -0.39 is 37.0 Å². The molecule has 0 saturated carbocycles. The maximum Gasteiger partial charge on any atom is 0.338 e. The molecule has 7 nitrogen and oxygen atoms in total. The molecular formula is C13H16O7. The van der Waals surface area contributed by atoms with Crippen molar-refractivity contribution in [3.05, 3.63) is 35.9 Å². The molecule has 0 heterocycles. The predicted molar refractivity (Wildman–Crippen MR) is 66.8 cm³/mol. The monoisotopic (exact) mass is 284 g/mol. The van der Waals surface area contributed by atoms with Crippen LogP contribution in [0.15, 0.2) is 30.3 Å². The Bertz CT molecular complexity index is 434. The van der Waals surface area contributed by atoms with Crippen molar-refractivity contribution in [3.63, 3.8) is 0 Å². The van der Waals surface area contributed by atoms with Gasteiger partial charge >= 0.3 is 5.97 Å². The summed E-state index contributed by atoms with van der Waals surface area (Å²) in [7, 11) is 0. The van der Waals surface area contributed by atoms with Crippen molar-refractivity contribution < 1.29 is 34.8 Å². The number of hydrogen-bond acceptors (Lipinski definition) is 7. The lowest BCUT2D eigenvalue weighted by molar-refractivity contribution is -0.138. The summed E-state index contributed by atoms with van der Waals surface area (Å²) in [6.45, 7) is -0.809. The molecule has 0 fully saturated rings. The number of hydrogen-bond donors (Lipinski definition) is 4. The van der Waals surface area contributed by atoms with E-state index in [9.17, 15) is 24.9 Å². The largest absolute Gasteiger partial charge is 0.448 e. The van der Waals surface area contributed by atoms with Crippen LogP contribution in [-0.4, -0.2) is 63.7 Å². The smallest absolute Gasteiger partial charge is 0.338 e. The zero-order chi connectivity index (χ0) is 15.1. The third-order valence-electron chi connectivity index (χ3n) is 2.65. The van der Waals surface area contributed by atoms with Gasteiger partial charge < -0.3 is 25.2 Å². The van der Waals surface area contributed by atoms with Crippen LogP contribution in [0.1, 0.15) is 10.4 Å². The van der Waals surface area contributed by atoms with Crippen LogP contribution in [0.3, 0.4) is 0 Å². The summed E-state index contributed by atoms with van der Waals surface area (Å²) >= 11 is 0. The van der Waals surface area contributed by atoms with E-state index in [4.69, 9.17) is 9.84 Å². The standard InChI is InChI=1S/C13H16O7/c14-6-9(16)11(17)12(18)10(7-15)20-13(19)8-4-2-1-3-5-8/h1-5,7,9-12,14,16-18H,6H2. The molecule has 1 aromatic rings. The van der Waals surface area contributed by atoms with Gasteiger partial charge in [-0.2, -0.15) is 0 Å². The Kier molecular flexibility index (Phi) is 6.26. The van der Waals surface area contributed by atoms with Gasteiger partial charge in [0.05, 0.1) is 12.2 Å². The van der Waals surface area contributed by atoms with Crippen LogP contribution < -0.4 is 0 Å². The van der Waals surface area contributed by atoms with Gasteiger partial charge in [-0.1, -0.05) is 18.2 Å². The molecular weight excluding hydrogens is 268 g/mol. The summed E-state index contributed by atoms with van der Waals surface area (Å²) in [6, 6.07) is 7.77. The van der Waals surface area contributed by atoms with Crippen LogP contribution in [0, 0.1) is 0 Å². The van der Waals surface area contributed by atoms with Gasteiger partial charge in [-0.15, -0.1) is 0 Å². The highest BCUT2D eigenvalue weighted by atomic mass is 16.6. The Morgan fingerprint density at radius 1 is 1.15 bits per heavy atom. The second kappa shape index (κ2) is 7.71. The van der Waals surface area contributed by atoms with Crippen LogP contribution >= 0.6 is 0 Å². The molecule has 4 unspecified atom stereocenters. The van der Waals surface area contributed by atoms with Crippen molar-refractivity contribution >= 4 is 12.3 Å². The molecule has 1 aromatic carbocycles. The molecule has 0 amide bonds. The number of aliphatic hydroxyl groups excluding tert-OH is 4. The highest BCUT2D eigenvalue weighted by molar-refractivity contribution is 5.90. The Balaban J connectivity index is 2.72. The van der Waals surface area contributed by atoms with Gasteiger partial charge in [-0.25, -0.2) is 4.79 Å². The summed E-state index contributed by atoms with van der Waals surface area (Å²) in [5, 5.41) is 36.9. The predicted octanol–water partition coefficient (Wildman–Crippen LogP) is -1.51. The lowest BCUT2D eigenvalue weighted by atomic mass is 10.0. The molecule has 0 saturated heterocycles. The number of aliphatic hydroxyl groups is 4. The van der Waals surface area contributed by atoms with Gasteiger partial charge in [0.2, 0.25) is 0 Å². The Labute approximate surface area is 115 Å². The normalized spacial score (nSPS) is 16.8. The van der Waals surface area contributed by atoms with Gasteiger partial charge in [0.15, 0.2) is 12.4 Å². The first-order valence-corrected chi connectivity index (χ1v) is 5.87. The van der Waals surface area contributed by atoms with Crippen LogP contribution in [0.25, 0.3) is 0 Å². The Hall–Kier alpha value is -1.80. The second-order valence-corrected chi connectivity index (χ2v) is 4.10. The fourth-order valence-electron chi connectivity index (χ4n) is 1.47. The molecule has 0 aliphatic heterocycles. The van der Waals surface area contributed by atoms with Crippen molar-refractivity contribution in [1.82, 2.24) is 0 Å². The summed E-state index contributed by atoms with van der Waals surface area (Å²) in [4.78, 5) is 22.5. The third kappa shape index (κ3) is 4.10. The van der Waals surface area contributed by atoms with E-state index in [1.54, 1.807) is 18.2 Å². The van der Waals surface area contributed by atoms with Crippen LogP contribution in [0.5, 0.6) is 0 Å². The van der Waals surface area contributed by atoms with Crippen LogP contribution in [0.2, 0.25) is 0 Å². The molecule has 0 bridgehead atoms. The van der Waals surface area contributed by atoms with Gasteiger partial charge in [0, 0.05) is 0 Å². The Morgan fingerprint density at radius 2 is 1.75 bits per heavy atom. The van der Waals surface area contributed by atoms with Gasteiger partial charge in [0.1, 0.15) is 18.3 Å². The molecule has 0 radical (unpaired) electrons. The van der Waals surface area contributed by atoms with E-state index in [2.05, 4.69) is 0 Å². The second-order valence-electron chi connectivity index (χ2n) is 4.10. The van der Waals surface area contributed by atoms with Crippen LogP contribution in [-0.2, 0) is 9.53 Å². The topological polar surface area (TPSA) is 124 Å². The molecule has 0 aliphatic carbocycles. The zero-order valence-corrected chi connectivity index (χ0v) is 10.5. The van der Waals surface area contributed by atoms with E-state index >= 15 is 0 Å². The van der Waals surface area contributed by atoms with E-state index in [0.717, 1.165) is 0 Å². The minimum absolute atomic E-state index is 0.138. The average molecular weight is 284 g/mol. The SMILES string of the molecule is O=CC(OC(=O)c1ccccc1)C(O)C(O)C(O)CO. The summed E-state index contributed by atoms with van der Waals surface area (Å²) in [5.74, 6) is -0.854. The fraction of sp³-hybridized carbons (Fsp3) is 0.385. The van der Waals surface area contributed by atoms with Crippen molar-refractivity contribution in [2.75, 3.05) is 6.61 Å². The molecule has 20 heavy (non-hydrogen) atoms. The maximum atomic E-state index is 11.7. The molecule has 0 aliphatic rings. The minimum Gasteiger partial charge on any atom is -0.448 e. The first-order valence-electron chi connectivity index (χ1n) is 5.87. The molecule has 0 spiro atoms. The summed E-state index contributed by atoms with van der Waals surface area (Å²) < 4.78 is 4.75. The van der Waals surface area contributed by atoms with Crippen molar-refractivity contribution in [1.29, 1.82) is 0 Å². The summed E-state index contributed by atoms with van der Waals surface area (Å²) in [5.41, 5.74) is 0.170. The number of esters is 1. The van der Waals surface area contributed by atoms with Gasteiger partial charge in [0.25, 0.3) is 0 Å². The minimum atomic E-state index is -1.85. The number of carbonyl (C=O) groups is 2. The molecule has 1 rings (SSSR count). The average Bonchev–Trinajstić information content (AvgIpc) is 2.50. The number of benzene rings is 1. The van der Waals surface area contributed by atoms with Gasteiger partial charge in [-0.3, -0.25) is 4.79 Å². The lowest BCUT2D eigenvalue weighted by Crippen LogP contribution is -2.48. The highest BCUT2D eigenvalue weighted by Gasteiger charge is 2.33. The van der Waals surface area contributed by atoms with Crippen molar-refractivity contribution in [2.24, 2.45) is 0 Å².